The fourth-order valence-corrected chi connectivity index (χ4v) is 3.47. The van der Waals surface area contributed by atoms with Crippen LogP contribution >= 0.6 is 0 Å². The molecule has 3 nitrogen and oxygen atoms in total. The van der Waals surface area contributed by atoms with Crippen molar-refractivity contribution in [2.45, 2.75) is 51.8 Å². The Morgan fingerprint density at radius 2 is 1.62 bits per heavy atom. The Bertz CT molecular complexity index is 539. The van der Waals surface area contributed by atoms with Gasteiger partial charge in [-0.15, -0.1) is 0 Å². The van der Waals surface area contributed by atoms with E-state index in [2.05, 4.69) is 31.3 Å². The fourth-order valence-electron chi connectivity index (χ4n) is 2.17. The van der Waals surface area contributed by atoms with Gasteiger partial charge in [-0.1, -0.05) is 38.1 Å². The predicted molar refractivity (Wildman–Crippen MR) is 90.3 cm³/mol. The van der Waals surface area contributed by atoms with Crippen molar-refractivity contribution in [2.75, 3.05) is 12.8 Å². The molecule has 4 heteroatoms. The van der Waals surface area contributed by atoms with Gasteiger partial charge in [0, 0.05) is 6.04 Å². The van der Waals surface area contributed by atoms with Gasteiger partial charge in [-0.2, -0.15) is 0 Å². The molecular weight excluding hydrogens is 282 g/mol. The van der Waals surface area contributed by atoms with Crippen LogP contribution in [0.15, 0.2) is 24.3 Å². The molecule has 120 valence electrons. The number of nitrogens with one attached hydrogen (secondary N) is 1. The molecule has 1 N–H and O–H groups in total. The zero-order valence-corrected chi connectivity index (χ0v) is 14.9. The van der Waals surface area contributed by atoms with Crippen molar-refractivity contribution in [3.05, 3.63) is 35.4 Å². The van der Waals surface area contributed by atoms with Gasteiger partial charge in [0.1, 0.15) is 0 Å². The molecule has 0 fully saturated rings. The van der Waals surface area contributed by atoms with E-state index in [4.69, 9.17) is 0 Å². The molecule has 21 heavy (non-hydrogen) atoms. The predicted octanol–water partition coefficient (Wildman–Crippen LogP) is 3.36. The van der Waals surface area contributed by atoms with E-state index in [-0.39, 0.29) is 11.8 Å². The van der Waals surface area contributed by atoms with Crippen LogP contribution in [-0.4, -0.2) is 26.0 Å². The summed E-state index contributed by atoms with van der Waals surface area (Å²) >= 11 is 0. The molecule has 1 aromatic rings. The third kappa shape index (κ3) is 5.11. The van der Waals surface area contributed by atoms with Gasteiger partial charge in [0.2, 0.25) is 0 Å². The molecule has 0 amide bonds. The van der Waals surface area contributed by atoms with Crippen LogP contribution in [0, 0.1) is 5.92 Å². The first-order valence-corrected chi connectivity index (χ1v) is 9.20. The lowest BCUT2D eigenvalue weighted by Crippen LogP contribution is -2.35. The summed E-state index contributed by atoms with van der Waals surface area (Å²) in [6.45, 7) is 9.64. The molecule has 0 radical (unpaired) electrons. The molecule has 0 saturated carbocycles. The molecule has 0 aliphatic rings. The Kier molecular flexibility index (Phi) is 6.00. The zero-order chi connectivity index (χ0) is 16.3. The van der Waals surface area contributed by atoms with Crippen molar-refractivity contribution < 1.29 is 8.42 Å². The average Bonchev–Trinajstić information content (AvgIpc) is 2.35. The molecular formula is C17H29NO2S. The SMILES string of the molecule is CNC(CS(=O)(=O)C(C)(C)C)c1ccc(CC(C)C)cc1. The van der Waals surface area contributed by atoms with Crippen molar-refractivity contribution in [1.82, 2.24) is 5.32 Å². The molecule has 0 heterocycles. The van der Waals surface area contributed by atoms with Gasteiger partial charge in [-0.05, 0) is 51.3 Å². The summed E-state index contributed by atoms with van der Waals surface area (Å²) in [6.07, 6.45) is 1.05. The van der Waals surface area contributed by atoms with Gasteiger partial charge in [-0.3, -0.25) is 0 Å². The average molecular weight is 311 g/mol. The van der Waals surface area contributed by atoms with E-state index in [1.165, 1.54) is 5.56 Å². The summed E-state index contributed by atoms with van der Waals surface area (Å²) in [7, 11) is -1.34. The second kappa shape index (κ2) is 6.93. The van der Waals surface area contributed by atoms with Crippen LogP contribution in [0.5, 0.6) is 0 Å². The number of hydrogen-bond donors (Lipinski definition) is 1. The van der Waals surface area contributed by atoms with Gasteiger partial charge in [-0.25, -0.2) is 8.42 Å². The van der Waals surface area contributed by atoms with Gasteiger partial charge >= 0.3 is 0 Å². The number of sulfone groups is 1. The molecule has 1 atom stereocenters. The van der Waals surface area contributed by atoms with Crippen LogP contribution in [0.25, 0.3) is 0 Å². The highest BCUT2D eigenvalue weighted by Gasteiger charge is 2.31. The molecule has 0 aromatic heterocycles. The molecule has 1 unspecified atom stereocenters. The third-order valence-electron chi connectivity index (χ3n) is 3.69. The molecule has 0 bridgehead atoms. The monoisotopic (exact) mass is 311 g/mol. The van der Waals surface area contributed by atoms with Gasteiger partial charge in [0.25, 0.3) is 0 Å². The lowest BCUT2D eigenvalue weighted by atomic mass is 10.00. The minimum absolute atomic E-state index is 0.122. The van der Waals surface area contributed by atoms with Gasteiger partial charge < -0.3 is 5.32 Å². The molecule has 0 saturated heterocycles. The van der Waals surface area contributed by atoms with Gasteiger partial charge in [0.15, 0.2) is 9.84 Å². The number of hydrogen-bond acceptors (Lipinski definition) is 3. The highest BCUT2D eigenvalue weighted by molar-refractivity contribution is 7.92. The first-order valence-electron chi connectivity index (χ1n) is 7.55. The Morgan fingerprint density at radius 3 is 2.00 bits per heavy atom. The first-order chi connectivity index (χ1) is 9.56. The summed E-state index contributed by atoms with van der Waals surface area (Å²) in [5.74, 6) is 0.744. The van der Waals surface area contributed by atoms with Crippen molar-refractivity contribution >= 4 is 9.84 Å². The van der Waals surface area contributed by atoms with Crippen molar-refractivity contribution in [3.8, 4) is 0 Å². The Morgan fingerprint density at radius 1 is 1.10 bits per heavy atom. The second-order valence-corrected chi connectivity index (χ2v) is 9.86. The van der Waals surface area contributed by atoms with Crippen LogP contribution in [0.1, 0.15) is 51.8 Å². The molecule has 0 spiro atoms. The van der Waals surface area contributed by atoms with Crippen molar-refractivity contribution in [1.29, 1.82) is 0 Å². The highest BCUT2D eigenvalue weighted by atomic mass is 32.2. The highest BCUT2D eigenvalue weighted by Crippen LogP contribution is 2.23. The minimum Gasteiger partial charge on any atom is -0.312 e. The topological polar surface area (TPSA) is 46.2 Å². The van der Waals surface area contributed by atoms with E-state index < -0.39 is 14.6 Å². The Balaban J connectivity index is 2.91. The molecule has 1 rings (SSSR count). The lowest BCUT2D eigenvalue weighted by molar-refractivity contribution is 0.542. The van der Waals surface area contributed by atoms with Crippen LogP contribution in [-0.2, 0) is 16.3 Å². The number of benzene rings is 1. The van der Waals surface area contributed by atoms with E-state index in [1.807, 2.05) is 19.2 Å². The van der Waals surface area contributed by atoms with Crippen molar-refractivity contribution in [3.63, 3.8) is 0 Å². The third-order valence-corrected chi connectivity index (χ3v) is 6.33. The fraction of sp³-hybridized carbons (Fsp3) is 0.647. The van der Waals surface area contributed by atoms with E-state index >= 15 is 0 Å². The van der Waals surface area contributed by atoms with Crippen LogP contribution < -0.4 is 5.32 Å². The van der Waals surface area contributed by atoms with Crippen LogP contribution in [0.2, 0.25) is 0 Å². The van der Waals surface area contributed by atoms with Gasteiger partial charge in [0.05, 0.1) is 10.5 Å². The summed E-state index contributed by atoms with van der Waals surface area (Å²) < 4.78 is 24.0. The van der Waals surface area contributed by atoms with E-state index in [0.717, 1.165) is 12.0 Å². The largest absolute Gasteiger partial charge is 0.312 e. The smallest absolute Gasteiger partial charge is 0.157 e. The summed E-state index contributed by atoms with van der Waals surface area (Å²) in [4.78, 5) is 0. The normalized spacial score (nSPS) is 14.4. The zero-order valence-electron chi connectivity index (χ0n) is 14.1. The molecule has 1 aromatic carbocycles. The summed E-state index contributed by atoms with van der Waals surface area (Å²) in [6, 6.07) is 8.11. The van der Waals surface area contributed by atoms with E-state index in [9.17, 15) is 8.42 Å². The molecule has 0 aliphatic carbocycles. The maximum Gasteiger partial charge on any atom is 0.157 e. The Labute approximate surface area is 130 Å². The standard InChI is InChI=1S/C17H29NO2S/c1-13(2)11-14-7-9-15(10-8-14)16(18-6)12-21(19,20)17(3,4)5/h7-10,13,16,18H,11-12H2,1-6H3. The maximum atomic E-state index is 12.4. The summed E-state index contributed by atoms with van der Waals surface area (Å²) in [5.41, 5.74) is 2.32. The second-order valence-electron chi connectivity index (χ2n) is 7.07. The van der Waals surface area contributed by atoms with Crippen molar-refractivity contribution in [2.24, 2.45) is 5.92 Å². The van der Waals surface area contributed by atoms with Crippen LogP contribution in [0.3, 0.4) is 0 Å². The minimum atomic E-state index is -3.15. The molecule has 0 aliphatic heterocycles. The number of rotatable bonds is 6. The van der Waals surface area contributed by atoms with E-state index in [0.29, 0.717) is 5.92 Å². The summed E-state index contributed by atoms with van der Waals surface area (Å²) in [5, 5.41) is 3.13. The Hall–Kier alpha value is -0.870. The van der Waals surface area contributed by atoms with Crippen LogP contribution in [0.4, 0.5) is 0 Å². The van der Waals surface area contributed by atoms with E-state index in [1.54, 1.807) is 20.8 Å². The lowest BCUT2D eigenvalue weighted by Gasteiger charge is -2.24. The first kappa shape index (κ1) is 18.2. The maximum absolute atomic E-state index is 12.4. The quantitative estimate of drug-likeness (QED) is 0.876.